The van der Waals surface area contributed by atoms with Crippen LogP contribution in [-0.4, -0.2) is 51.6 Å². The van der Waals surface area contributed by atoms with Crippen LogP contribution in [0.25, 0.3) is 0 Å². The molecule has 0 radical (unpaired) electrons. The van der Waals surface area contributed by atoms with Crippen molar-refractivity contribution < 1.29 is 27.1 Å². The molecule has 0 aromatic rings. The Morgan fingerprint density at radius 2 is 1.74 bits per heavy atom. The summed E-state index contributed by atoms with van der Waals surface area (Å²) in [6, 6.07) is 0. The summed E-state index contributed by atoms with van der Waals surface area (Å²) in [6.45, 7) is 0.638. The lowest BCUT2D eigenvalue weighted by Crippen LogP contribution is -2.28. The van der Waals surface area contributed by atoms with E-state index < -0.39 is 31.9 Å². The second-order valence-corrected chi connectivity index (χ2v) is 3.52. The lowest BCUT2D eigenvalue weighted by molar-refractivity contribution is -0.138. The monoisotopic (exact) mass is 286 g/mol. The third-order valence-corrected chi connectivity index (χ3v) is 1.94. The van der Waals surface area contributed by atoms with E-state index in [-0.39, 0.29) is 25.3 Å². The first kappa shape index (κ1) is 17.8. The Balaban J connectivity index is 4.23. The van der Waals surface area contributed by atoms with Crippen molar-refractivity contribution in [1.82, 2.24) is 10.6 Å². The third-order valence-electron chi connectivity index (χ3n) is 1.94. The number of carbonyl (C=O) groups excluding carboxylic acids is 1. The van der Waals surface area contributed by atoms with E-state index in [1.807, 2.05) is 0 Å². The van der Waals surface area contributed by atoms with Gasteiger partial charge in [0.05, 0.1) is 19.7 Å². The lowest BCUT2D eigenvalue weighted by atomic mass is 10.2. The second kappa shape index (κ2) is 10.7. The first-order valence-electron chi connectivity index (χ1n) is 5.81. The average Bonchev–Trinajstić information content (AvgIpc) is 2.31. The normalized spacial score (nSPS) is 12.3. The van der Waals surface area contributed by atoms with E-state index >= 15 is 0 Å². The number of hydrogen-bond acceptors (Lipinski definition) is 4. The van der Waals surface area contributed by atoms with Gasteiger partial charge in [0, 0.05) is 18.7 Å². The van der Waals surface area contributed by atoms with Crippen LogP contribution in [0, 0.1) is 0 Å². The van der Waals surface area contributed by atoms with E-state index in [0.717, 1.165) is 0 Å². The maximum atomic E-state index is 11.9. The molecule has 0 atom stereocenters. The fourth-order valence-corrected chi connectivity index (χ4v) is 1.16. The highest BCUT2D eigenvalue weighted by molar-refractivity contribution is 5.88. The van der Waals surface area contributed by atoms with Crippen LogP contribution in [0.3, 0.4) is 0 Å². The average molecular weight is 286 g/mol. The van der Waals surface area contributed by atoms with E-state index in [1.165, 1.54) is 6.08 Å². The van der Waals surface area contributed by atoms with Crippen LogP contribution in [0.1, 0.15) is 6.92 Å². The summed E-state index contributed by atoms with van der Waals surface area (Å²) in [5.41, 5.74) is 0.129. The second-order valence-electron chi connectivity index (χ2n) is 3.52. The van der Waals surface area contributed by atoms with Crippen LogP contribution in [0.2, 0.25) is 0 Å². The predicted octanol–water partition coefficient (Wildman–Crippen LogP) is 1.19. The van der Waals surface area contributed by atoms with E-state index in [0.29, 0.717) is 0 Å². The Hall–Kier alpha value is -1.15. The summed E-state index contributed by atoms with van der Waals surface area (Å²) in [5, 5.41) is 4.78. The smallest absolute Gasteiger partial charge is 0.335 e. The molecule has 0 unspecified atom stereocenters. The molecular weight excluding hydrogens is 268 g/mol. The molecule has 0 saturated carbocycles. The summed E-state index contributed by atoms with van der Waals surface area (Å²) < 4.78 is 52.3. The van der Waals surface area contributed by atoms with Gasteiger partial charge in [0.2, 0.25) is 0 Å². The summed E-state index contributed by atoms with van der Waals surface area (Å²) in [5.74, 6) is -0.650. The molecule has 0 saturated heterocycles. The topological polar surface area (TPSA) is 50.4 Å². The van der Waals surface area contributed by atoms with E-state index in [1.54, 1.807) is 6.92 Å². The minimum Gasteiger partial charge on any atom is -0.463 e. The van der Waals surface area contributed by atoms with E-state index in [9.17, 15) is 22.4 Å². The number of esters is 1. The largest absolute Gasteiger partial charge is 0.463 e. The molecule has 0 aliphatic carbocycles. The number of hydrogen-bond donors (Lipinski definition) is 2. The first-order valence-corrected chi connectivity index (χ1v) is 5.81. The summed E-state index contributed by atoms with van der Waals surface area (Å²) in [6.07, 6.45) is -3.67. The highest BCUT2D eigenvalue weighted by Crippen LogP contribution is 1.98. The van der Waals surface area contributed by atoms with Gasteiger partial charge < -0.3 is 15.4 Å². The van der Waals surface area contributed by atoms with Gasteiger partial charge in [0.1, 0.15) is 0 Å². The Morgan fingerprint density at radius 3 is 2.26 bits per heavy atom. The van der Waals surface area contributed by atoms with Crippen LogP contribution < -0.4 is 10.6 Å². The van der Waals surface area contributed by atoms with E-state index in [2.05, 4.69) is 10.6 Å². The molecule has 0 fully saturated rings. The Bertz CT molecular complexity index is 286. The number of alkyl halides is 4. The molecule has 0 spiro atoms. The third kappa shape index (κ3) is 10.5. The SMILES string of the molecule is CCOC(=O)C(=CCNCC(F)F)CNCC(F)F. The predicted molar refractivity (Wildman–Crippen MR) is 62.5 cm³/mol. The van der Waals surface area contributed by atoms with Gasteiger partial charge in [-0.2, -0.15) is 0 Å². The lowest BCUT2D eigenvalue weighted by Gasteiger charge is -2.09. The van der Waals surface area contributed by atoms with E-state index in [4.69, 9.17) is 4.74 Å². The van der Waals surface area contributed by atoms with Gasteiger partial charge in [0.15, 0.2) is 0 Å². The fraction of sp³-hybridized carbons (Fsp3) is 0.727. The number of halogens is 4. The maximum absolute atomic E-state index is 11.9. The number of rotatable bonds is 10. The van der Waals surface area contributed by atoms with Gasteiger partial charge in [-0.3, -0.25) is 0 Å². The van der Waals surface area contributed by atoms with Crippen molar-refractivity contribution in [3.05, 3.63) is 11.6 Å². The summed E-state index contributed by atoms with van der Waals surface area (Å²) in [4.78, 5) is 11.5. The van der Waals surface area contributed by atoms with Crippen LogP contribution in [-0.2, 0) is 9.53 Å². The van der Waals surface area contributed by atoms with Crippen molar-refractivity contribution >= 4 is 5.97 Å². The van der Waals surface area contributed by atoms with Crippen LogP contribution >= 0.6 is 0 Å². The Labute approximate surface area is 109 Å². The molecule has 19 heavy (non-hydrogen) atoms. The molecule has 0 heterocycles. The Kier molecular flexibility index (Phi) is 10.1. The minimum atomic E-state index is -2.53. The van der Waals surface area contributed by atoms with Crippen molar-refractivity contribution in [2.24, 2.45) is 0 Å². The molecule has 0 aliphatic heterocycles. The van der Waals surface area contributed by atoms with Crippen LogP contribution in [0.4, 0.5) is 17.6 Å². The van der Waals surface area contributed by atoms with Crippen molar-refractivity contribution in [2.75, 3.05) is 32.8 Å². The standard InChI is InChI=1S/C11H18F4N2O2/c1-2-19-11(18)8(5-17-7-10(14)15)3-4-16-6-9(12)13/h3,9-10,16-17H,2,4-7H2,1H3. The Morgan fingerprint density at radius 1 is 1.16 bits per heavy atom. The zero-order chi connectivity index (χ0) is 14.7. The van der Waals surface area contributed by atoms with Gasteiger partial charge in [0.25, 0.3) is 12.9 Å². The highest BCUT2D eigenvalue weighted by Gasteiger charge is 2.11. The molecule has 0 amide bonds. The first-order chi connectivity index (χ1) is 8.97. The van der Waals surface area contributed by atoms with Gasteiger partial charge in [-0.25, -0.2) is 22.4 Å². The van der Waals surface area contributed by atoms with Gasteiger partial charge >= 0.3 is 5.97 Å². The molecular formula is C11H18F4N2O2. The van der Waals surface area contributed by atoms with Gasteiger partial charge in [-0.05, 0) is 6.92 Å². The van der Waals surface area contributed by atoms with Gasteiger partial charge in [-0.1, -0.05) is 6.08 Å². The zero-order valence-electron chi connectivity index (χ0n) is 10.6. The van der Waals surface area contributed by atoms with Crippen molar-refractivity contribution in [3.63, 3.8) is 0 Å². The van der Waals surface area contributed by atoms with Gasteiger partial charge in [-0.15, -0.1) is 0 Å². The maximum Gasteiger partial charge on any atom is 0.335 e. The molecule has 0 aromatic heterocycles. The summed E-state index contributed by atoms with van der Waals surface area (Å²) >= 11 is 0. The minimum absolute atomic E-state index is 0.0366. The number of nitrogens with one attached hydrogen (secondary N) is 2. The quantitative estimate of drug-likeness (QED) is 0.274. The molecule has 0 bridgehead atoms. The summed E-state index contributed by atoms with van der Waals surface area (Å²) in [7, 11) is 0. The molecule has 0 aromatic carbocycles. The molecule has 0 rings (SSSR count). The van der Waals surface area contributed by atoms with Crippen molar-refractivity contribution in [1.29, 1.82) is 0 Å². The van der Waals surface area contributed by atoms with Crippen LogP contribution in [0.15, 0.2) is 11.6 Å². The number of carbonyl (C=O) groups is 1. The number of ether oxygens (including phenoxy) is 1. The molecule has 4 nitrogen and oxygen atoms in total. The van der Waals surface area contributed by atoms with Crippen molar-refractivity contribution in [2.45, 2.75) is 19.8 Å². The molecule has 2 N–H and O–H groups in total. The highest BCUT2D eigenvalue weighted by atomic mass is 19.3. The molecule has 0 aliphatic rings. The fourth-order valence-electron chi connectivity index (χ4n) is 1.16. The van der Waals surface area contributed by atoms with Crippen LogP contribution in [0.5, 0.6) is 0 Å². The zero-order valence-corrected chi connectivity index (χ0v) is 10.6. The molecule has 112 valence electrons. The molecule has 8 heteroatoms. The van der Waals surface area contributed by atoms with Crippen molar-refractivity contribution in [3.8, 4) is 0 Å².